The maximum absolute atomic E-state index is 11.0. The first-order chi connectivity index (χ1) is 7.18. The Hall–Kier alpha value is -1.88. The average molecular weight is 208 g/mol. The molecule has 0 atom stereocenters. The molecule has 1 N–H and O–H groups in total. The van der Waals surface area contributed by atoms with E-state index in [0.29, 0.717) is 5.56 Å². The second-order valence-corrected chi connectivity index (χ2v) is 3.02. The van der Waals surface area contributed by atoms with Crippen molar-refractivity contribution in [2.24, 2.45) is 0 Å². The number of aliphatic hydroxyl groups is 1. The fourth-order valence-electron chi connectivity index (χ4n) is 1.21. The number of hydrogen-bond donors (Lipinski definition) is 1. The van der Waals surface area contributed by atoms with Crippen molar-refractivity contribution in [3.63, 3.8) is 0 Å². The molecule has 1 aliphatic rings. The summed E-state index contributed by atoms with van der Waals surface area (Å²) in [5.74, 6) is -1.97. The summed E-state index contributed by atoms with van der Waals surface area (Å²) in [7, 11) is 0. The van der Waals surface area contributed by atoms with Gasteiger partial charge in [-0.15, -0.1) is 0 Å². The third kappa shape index (κ3) is 1.82. The number of carbonyl (C=O) groups excluding carboxylic acids is 2. The zero-order valence-corrected chi connectivity index (χ0v) is 7.62. The van der Waals surface area contributed by atoms with Crippen molar-refractivity contribution < 1.29 is 24.2 Å². The van der Waals surface area contributed by atoms with E-state index < -0.39 is 24.3 Å². The Labute approximate surface area is 85.2 Å². The van der Waals surface area contributed by atoms with Crippen molar-refractivity contribution in [2.45, 2.75) is 12.4 Å². The molecule has 1 saturated heterocycles. The monoisotopic (exact) mass is 208 g/mol. The SMILES string of the molecule is O=C1OC(c2ccccc2)OC(=O)C1O. The summed E-state index contributed by atoms with van der Waals surface area (Å²) in [6.07, 6.45) is -2.89. The zero-order chi connectivity index (χ0) is 10.8. The van der Waals surface area contributed by atoms with Crippen LogP contribution in [0.5, 0.6) is 0 Å². The van der Waals surface area contributed by atoms with Gasteiger partial charge >= 0.3 is 11.9 Å². The fraction of sp³-hybridized carbons (Fsp3) is 0.200. The van der Waals surface area contributed by atoms with Gasteiger partial charge in [0.1, 0.15) is 0 Å². The molecule has 1 aliphatic heterocycles. The van der Waals surface area contributed by atoms with Gasteiger partial charge in [0.05, 0.1) is 0 Å². The summed E-state index contributed by atoms with van der Waals surface area (Å²) in [6.45, 7) is 0. The molecule has 15 heavy (non-hydrogen) atoms. The molecule has 1 heterocycles. The smallest absolute Gasteiger partial charge is 0.350 e. The van der Waals surface area contributed by atoms with Crippen LogP contribution in [0.4, 0.5) is 0 Å². The second-order valence-electron chi connectivity index (χ2n) is 3.02. The van der Waals surface area contributed by atoms with Crippen LogP contribution in [0.25, 0.3) is 0 Å². The lowest BCUT2D eigenvalue weighted by Crippen LogP contribution is -2.40. The number of ether oxygens (including phenoxy) is 2. The van der Waals surface area contributed by atoms with E-state index in [1.807, 2.05) is 0 Å². The average Bonchev–Trinajstić information content (AvgIpc) is 2.26. The maximum atomic E-state index is 11.0. The van der Waals surface area contributed by atoms with Crippen molar-refractivity contribution in [1.29, 1.82) is 0 Å². The molecule has 0 aliphatic carbocycles. The van der Waals surface area contributed by atoms with Gasteiger partial charge < -0.3 is 14.6 Å². The van der Waals surface area contributed by atoms with Gasteiger partial charge in [-0.1, -0.05) is 30.3 Å². The van der Waals surface area contributed by atoms with Gasteiger partial charge in [0.25, 0.3) is 6.29 Å². The van der Waals surface area contributed by atoms with Crippen molar-refractivity contribution in [1.82, 2.24) is 0 Å². The van der Waals surface area contributed by atoms with Crippen molar-refractivity contribution in [3.05, 3.63) is 35.9 Å². The minimum Gasteiger partial charge on any atom is -0.418 e. The Morgan fingerprint density at radius 2 is 1.53 bits per heavy atom. The van der Waals surface area contributed by atoms with E-state index in [2.05, 4.69) is 0 Å². The largest absolute Gasteiger partial charge is 0.418 e. The van der Waals surface area contributed by atoms with E-state index in [-0.39, 0.29) is 0 Å². The molecule has 78 valence electrons. The number of carbonyl (C=O) groups is 2. The van der Waals surface area contributed by atoms with Crippen molar-refractivity contribution in [3.8, 4) is 0 Å². The number of benzene rings is 1. The standard InChI is InChI=1S/C10H8O5/c11-7-8(12)14-10(15-9(7)13)6-4-2-1-3-5-6/h1-5,7,10-11H. The van der Waals surface area contributed by atoms with E-state index in [0.717, 1.165) is 0 Å². The Kier molecular flexibility index (Phi) is 2.39. The highest BCUT2D eigenvalue weighted by Gasteiger charge is 2.37. The molecule has 2 rings (SSSR count). The van der Waals surface area contributed by atoms with Crippen LogP contribution < -0.4 is 0 Å². The Morgan fingerprint density at radius 3 is 2.07 bits per heavy atom. The highest BCUT2D eigenvalue weighted by atomic mass is 16.7. The van der Waals surface area contributed by atoms with Gasteiger partial charge in [-0.3, -0.25) is 0 Å². The Balaban J connectivity index is 2.20. The third-order valence-corrected chi connectivity index (χ3v) is 1.96. The summed E-state index contributed by atoms with van der Waals surface area (Å²) >= 11 is 0. The predicted molar refractivity (Wildman–Crippen MR) is 47.4 cm³/mol. The van der Waals surface area contributed by atoms with Crippen LogP contribution in [0.15, 0.2) is 30.3 Å². The lowest BCUT2D eigenvalue weighted by Gasteiger charge is -2.24. The highest BCUT2D eigenvalue weighted by molar-refractivity contribution is 5.99. The normalized spacial score (nSPS) is 25.7. The lowest BCUT2D eigenvalue weighted by atomic mass is 10.2. The number of hydrogen-bond acceptors (Lipinski definition) is 5. The molecule has 0 unspecified atom stereocenters. The van der Waals surface area contributed by atoms with Gasteiger partial charge in [0.2, 0.25) is 6.10 Å². The van der Waals surface area contributed by atoms with Crippen LogP contribution >= 0.6 is 0 Å². The number of rotatable bonds is 1. The number of esters is 2. The molecule has 0 bridgehead atoms. The summed E-state index contributed by atoms with van der Waals surface area (Å²) in [4.78, 5) is 22.0. The minimum atomic E-state index is -1.83. The second kappa shape index (κ2) is 3.70. The number of cyclic esters (lactones) is 2. The van der Waals surface area contributed by atoms with Crippen LogP contribution in [-0.2, 0) is 19.1 Å². The summed E-state index contributed by atoms with van der Waals surface area (Å²) in [5, 5.41) is 8.96. The molecular weight excluding hydrogens is 200 g/mol. The highest BCUT2D eigenvalue weighted by Crippen LogP contribution is 2.23. The van der Waals surface area contributed by atoms with Crippen LogP contribution in [0.3, 0.4) is 0 Å². The van der Waals surface area contributed by atoms with Gasteiger partial charge in [-0.05, 0) is 0 Å². The number of aliphatic hydroxyl groups excluding tert-OH is 1. The molecule has 0 amide bonds. The molecule has 0 spiro atoms. The fourth-order valence-corrected chi connectivity index (χ4v) is 1.21. The molecule has 1 aromatic carbocycles. The maximum Gasteiger partial charge on any atom is 0.350 e. The molecule has 5 nitrogen and oxygen atoms in total. The summed E-state index contributed by atoms with van der Waals surface area (Å²) in [5.41, 5.74) is 0.547. The third-order valence-electron chi connectivity index (χ3n) is 1.96. The summed E-state index contributed by atoms with van der Waals surface area (Å²) in [6, 6.07) is 8.54. The van der Waals surface area contributed by atoms with Gasteiger partial charge in [0.15, 0.2) is 0 Å². The van der Waals surface area contributed by atoms with Gasteiger partial charge in [-0.25, -0.2) is 9.59 Å². The van der Waals surface area contributed by atoms with Crippen LogP contribution in [-0.4, -0.2) is 23.1 Å². The Bertz CT molecular complexity index is 368. The van der Waals surface area contributed by atoms with Crippen LogP contribution in [0, 0.1) is 0 Å². The molecule has 0 radical (unpaired) electrons. The predicted octanol–water partition coefficient (Wildman–Crippen LogP) is 0.146. The van der Waals surface area contributed by atoms with E-state index >= 15 is 0 Å². The van der Waals surface area contributed by atoms with E-state index in [1.165, 1.54) is 0 Å². The first-order valence-electron chi connectivity index (χ1n) is 4.32. The van der Waals surface area contributed by atoms with Gasteiger partial charge in [-0.2, -0.15) is 0 Å². The molecule has 1 aromatic rings. The summed E-state index contributed by atoms with van der Waals surface area (Å²) < 4.78 is 9.45. The van der Waals surface area contributed by atoms with E-state index in [9.17, 15) is 9.59 Å². The van der Waals surface area contributed by atoms with Crippen molar-refractivity contribution >= 4 is 11.9 Å². The van der Waals surface area contributed by atoms with Crippen molar-refractivity contribution in [2.75, 3.05) is 0 Å². The van der Waals surface area contributed by atoms with Crippen LogP contribution in [0.2, 0.25) is 0 Å². The molecule has 0 aromatic heterocycles. The Morgan fingerprint density at radius 1 is 1.00 bits per heavy atom. The van der Waals surface area contributed by atoms with E-state index in [4.69, 9.17) is 14.6 Å². The first kappa shape index (κ1) is 9.67. The topological polar surface area (TPSA) is 72.8 Å². The minimum absolute atomic E-state index is 0.547. The van der Waals surface area contributed by atoms with E-state index in [1.54, 1.807) is 30.3 Å². The first-order valence-corrected chi connectivity index (χ1v) is 4.32. The molecule has 0 saturated carbocycles. The molecule has 5 heteroatoms. The zero-order valence-electron chi connectivity index (χ0n) is 7.62. The lowest BCUT2D eigenvalue weighted by molar-refractivity contribution is -0.220. The molecular formula is C10H8O5. The quantitative estimate of drug-likeness (QED) is 0.525. The molecule has 1 fully saturated rings. The van der Waals surface area contributed by atoms with Crippen LogP contribution in [0.1, 0.15) is 11.9 Å². The van der Waals surface area contributed by atoms with Gasteiger partial charge in [0, 0.05) is 5.56 Å².